The fraction of sp³-hybridized carbons (Fsp3) is 0.300. The molecule has 1 aliphatic rings. The second kappa shape index (κ2) is 7.36. The number of aromatic nitrogens is 2. The molecule has 0 spiro atoms. The summed E-state index contributed by atoms with van der Waals surface area (Å²) in [6.45, 7) is 1.71. The van der Waals surface area contributed by atoms with Crippen molar-refractivity contribution in [2.45, 2.75) is 18.9 Å². The Labute approximate surface area is 156 Å². The van der Waals surface area contributed by atoms with E-state index in [9.17, 15) is 9.18 Å². The summed E-state index contributed by atoms with van der Waals surface area (Å²) in [6.07, 6.45) is 5.49. The van der Waals surface area contributed by atoms with Gasteiger partial charge in [-0.25, -0.2) is 9.37 Å². The van der Waals surface area contributed by atoms with Crippen molar-refractivity contribution in [3.63, 3.8) is 0 Å². The van der Waals surface area contributed by atoms with Crippen molar-refractivity contribution in [3.8, 4) is 11.1 Å². The van der Waals surface area contributed by atoms with Crippen LogP contribution in [0.5, 0.6) is 0 Å². The minimum absolute atomic E-state index is 0.0315. The maximum atomic E-state index is 13.4. The Morgan fingerprint density at radius 2 is 2.11 bits per heavy atom. The average molecular weight is 367 g/mol. The minimum Gasteiger partial charge on any atom is -0.360 e. The molecular weight excluding hydrogens is 345 g/mol. The molecule has 1 saturated heterocycles. The van der Waals surface area contributed by atoms with E-state index in [1.165, 1.54) is 12.1 Å². The second-order valence-corrected chi connectivity index (χ2v) is 6.83. The SMILES string of the molecule is NCC(=O)NC1CCN(c2ccc(-c3c[nH]c4cc(F)ccc34)cn2)CC1. The zero-order valence-corrected chi connectivity index (χ0v) is 14.9. The van der Waals surface area contributed by atoms with Crippen LogP contribution in [0.4, 0.5) is 10.2 Å². The monoisotopic (exact) mass is 367 g/mol. The van der Waals surface area contributed by atoms with Gasteiger partial charge in [0.1, 0.15) is 11.6 Å². The fourth-order valence-corrected chi connectivity index (χ4v) is 3.61. The number of fused-ring (bicyclic) bond motifs is 1. The highest BCUT2D eigenvalue weighted by molar-refractivity contribution is 5.95. The first-order chi connectivity index (χ1) is 13.1. The van der Waals surface area contributed by atoms with Gasteiger partial charge in [-0.05, 0) is 43.2 Å². The molecule has 27 heavy (non-hydrogen) atoms. The number of H-pyrrole nitrogens is 1. The lowest BCUT2D eigenvalue weighted by atomic mass is 10.0. The molecule has 1 aliphatic heterocycles. The summed E-state index contributed by atoms with van der Waals surface area (Å²) in [4.78, 5) is 21.4. The minimum atomic E-state index is -0.254. The van der Waals surface area contributed by atoms with E-state index in [0.29, 0.717) is 0 Å². The lowest BCUT2D eigenvalue weighted by Crippen LogP contribution is -2.46. The van der Waals surface area contributed by atoms with E-state index in [2.05, 4.69) is 20.2 Å². The van der Waals surface area contributed by atoms with Crippen LogP contribution in [-0.2, 0) is 4.79 Å². The third-order valence-corrected chi connectivity index (χ3v) is 5.07. The number of hydrogen-bond acceptors (Lipinski definition) is 4. The third kappa shape index (κ3) is 3.64. The molecule has 0 aliphatic carbocycles. The van der Waals surface area contributed by atoms with Crippen molar-refractivity contribution in [2.75, 3.05) is 24.5 Å². The lowest BCUT2D eigenvalue weighted by Gasteiger charge is -2.33. The topological polar surface area (TPSA) is 87.0 Å². The smallest absolute Gasteiger partial charge is 0.233 e. The first kappa shape index (κ1) is 17.5. The number of aromatic amines is 1. The number of amides is 1. The number of carbonyl (C=O) groups is 1. The van der Waals surface area contributed by atoms with Gasteiger partial charge in [0.25, 0.3) is 0 Å². The summed E-state index contributed by atoms with van der Waals surface area (Å²) in [5, 5.41) is 3.92. The summed E-state index contributed by atoms with van der Waals surface area (Å²) >= 11 is 0. The highest BCUT2D eigenvalue weighted by Crippen LogP contribution is 2.29. The van der Waals surface area contributed by atoms with Crippen LogP contribution in [-0.4, -0.2) is 41.6 Å². The van der Waals surface area contributed by atoms with Crippen molar-refractivity contribution >= 4 is 22.6 Å². The van der Waals surface area contributed by atoms with E-state index in [1.54, 1.807) is 6.07 Å². The van der Waals surface area contributed by atoms with Gasteiger partial charge in [-0.3, -0.25) is 4.79 Å². The highest BCUT2D eigenvalue weighted by atomic mass is 19.1. The summed E-state index contributed by atoms with van der Waals surface area (Å²) in [5.41, 5.74) is 8.12. The summed E-state index contributed by atoms with van der Waals surface area (Å²) < 4.78 is 13.4. The van der Waals surface area contributed by atoms with Gasteiger partial charge in [0.15, 0.2) is 0 Å². The van der Waals surface area contributed by atoms with Crippen LogP contribution in [0.2, 0.25) is 0 Å². The molecule has 0 unspecified atom stereocenters. The lowest BCUT2D eigenvalue weighted by molar-refractivity contribution is -0.120. The second-order valence-electron chi connectivity index (χ2n) is 6.83. The zero-order valence-electron chi connectivity index (χ0n) is 14.9. The van der Waals surface area contributed by atoms with Crippen molar-refractivity contribution in [1.29, 1.82) is 0 Å². The van der Waals surface area contributed by atoms with Crippen LogP contribution < -0.4 is 16.0 Å². The van der Waals surface area contributed by atoms with Crippen molar-refractivity contribution in [2.24, 2.45) is 5.73 Å². The van der Waals surface area contributed by atoms with Crippen LogP contribution >= 0.6 is 0 Å². The van der Waals surface area contributed by atoms with Gasteiger partial charge in [-0.1, -0.05) is 0 Å². The molecular formula is C20H22FN5O. The predicted molar refractivity (Wildman–Crippen MR) is 104 cm³/mol. The number of piperidine rings is 1. The third-order valence-electron chi connectivity index (χ3n) is 5.07. The Hall–Kier alpha value is -2.93. The zero-order chi connectivity index (χ0) is 18.8. The van der Waals surface area contributed by atoms with Crippen molar-refractivity contribution < 1.29 is 9.18 Å². The van der Waals surface area contributed by atoms with Crippen LogP contribution in [0.3, 0.4) is 0 Å². The number of benzene rings is 1. The molecule has 0 atom stereocenters. The molecule has 1 fully saturated rings. The Kier molecular flexibility index (Phi) is 4.77. The number of halogens is 1. The number of nitrogens with one attached hydrogen (secondary N) is 2. The van der Waals surface area contributed by atoms with E-state index in [0.717, 1.165) is 53.8 Å². The van der Waals surface area contributed by atoms with Gasteiger partial charge in [0, 0.05) is 53.6 Å². The summed E-state index contributed by atoms with van der Waals surface area (Å²) in [6, 6.07) is 8.98. The average Bonchev–Trinajstić information content (AvgIpc) is 3.11. The Balaban J connectivity index is 1.46. The fourth-order valence-electron chi connectivity index (χ4n) is 3.61. The molecule has 7 heteroatoms. The van der Waals surface area contributed by atoms with Gasteiger partial charge in [-0.2, -0.15) is 0 Å². The Morgan fingerprint density at radius 3 is 2.81 bits per heavy atom. The molecule has 0 radical (unpaired) electrons. The molecule has 0 saturated carbocycles. The van der Waals surface area contributed by atoms with Crippen molar-refractivity contribution in [3.05, 3.63) is 48.5 Å². The van der Waals surface area contributed by atoms with E-state index >= 15 is 0 Å². The molecule has 4 rings (SSSR count). The van der Waals surface area contributed by atoms with Gasteiger partial charge in [0.05, 0.1) is 6.54 Å². The van der Waals surface area contributed by atoms with Gasteiger partial charge >= 0.3 is 0 Å². The Bertz CT molecular complexity index is 945. The normalized spacial score (nSPS) is 15.3. The number of rotatable bonds is 4. The molecule has 140 valence electrons. The maximum absolute atomic E-state index is 13.4. The Morgan fingerprint density at radius 1 is 1.30 bits per heavy atom. The standard InChI is InChI=1S/C20H22FN5O/c21-14-2-3-16-17(12-23-18(16)9-14)13-1-4-19(24-11-13)26-7-5-15(6-8-26)25-20(27)10-22/h1-4,9,11-12,15,23H,5-8,10,22H2,(H,25,27). The molecule has 1 amide bonds. The number of nitrogens with two attached hydrogens (primary N) is 1. The molecule has 6 nitrogen and oxygen atoms in total. The summed E-state index contributed by atoms with van der Waals surface area (Å²) in [7, 11) is 0. The van der Waals surface area contributed by atoms with Crippen LogP contribution in [0.25, 0.3) is 22.0 Å². The molecule has 4 N–H and O–H groups in total. The number of pyridine rings is 1. The van der Waals surface area contributed by atoms with E-state index < -0.39 is 0 Å². The largest absolute Gasteiger partial charge is 0.360 e. The van der Waals surface area contributed by atoms with E-state index in [4.69, 9.17) is 5.73 Å². The van der Waals surface area contributed by atoms with Crippen LogP contribution in [0.15, 0.2) is 42.7 Å². The van der Waals surface area contributed by atoms with E-state index in [1.807, 2.05) is 24.5 Å². The van der Waals surface area contributed by atoms with Crippen molar-refractivity contribution in [1.82, 2.24) is 15.3 Å². The quantitative estimate of drug-likeness (QED) is 0.661. The molecule has 3 aromatic rings. The van der Waals surface area contributed by atoms with Gasteiger partial charge in [-0.15, -0.1) is 0 Å². The van der Waals surface area contributed by atoms with Gasteiger partial charge in [0.2, 0.25) is 5.91 Å². The maximum Gasteiger partial charge on any atom is 0.233 e. The van der Waals surface area contributed by atoms with Crippen LogP contribution in [0.1, 0.15) is 12.8 Å². The highest BCUT2D eigenvalue weighted by Gasteiger charge is 2.21. The summed E-state index contributed by atoms with van der Waals surface area (Å²) in [5.74, 6) is 0.568. The number of hydrogen-bond donors (Lipinski definition) is 3. The molecule has 0 bridgehead atoms. The molecule has 3 heterocycles. The van der Waals surface area contributed by atoms with E-state index in [-0.39, 0.29) is 24.3 Å². The van der Waals surface area contributed by atoms with Gasteiger partial charge < -0.3 is 20.9 Å². The number of carbonyl (C=O) groups excluding carboxylic acids is 1. The first-order valence-corrected chi connectivity index (χ1v) is 9.11. The number of anilines is 1. The molecule has 2 aromatic heterocycles. The van der Waals surface area contributed by atoms with Crippen LogP contribution in [0, 0.1) is 5.82 Å². The molecule has 1 aromatic carbocycles. The number of nitrogens with zero attached hydrogens (tertiary/aromatic N) is 2. The first-order valence-electron chi connectivity index (χ1n) is 9.11. The predicted octanol–water partition coefficient (Wildman–Crippen LogP) is 2.41.